The highest BCUT2D eigenvalue weighted by Crippen LogP contribution is 2.23. The third kappa shape index (κ3) is 4.99. The average Bonchev–Trinajstić information content (AvgIpc) is 2.42. The van der Waals surface area contributed by atoms with Crippen LogP contribution >= 0.6 is 11.6 Å². The van der Waals surface area contributed by atoms with E-state index in [2.05, 4.69) is 24.1 Å². The molecule has 2 rings (SSSR count). The second-order valence-electron chi connectivity index (χ2n) is 5.16. The summed E-state index contributed by atoms with van der Waals surface area (Å²) < 4.78 is 18.7. The summed E-state index contributed by atoms with van der Waals surface area (Å²) in [6, 6.07) is 9.34. The molecule has 0 fully saturated rings. The van der Waals surface area contributed by atoms with Gasteiger partial charge in [-0.05, 0) is 30.7 Å². The number of nitrogens with zero attached hydrogens (tertiary/aromatic N) is 1. The van der Waals surface area contributed by atoms with Gasteiger partial charge in [-0.1, -0.05) is 31.5 Å². The molecular formula is C16H18ClFN2O. The number of hydrogen-bond acceptors (Lipinski definition) is 3. The number of hydrogen-bond donors (Lipinski definition) is 1. The number of rotatable bonds is 6. The highest BCUT2D eigenvalue weighted by molar-refractivity contribution is 6.31. The summed E-state index contributed by atoms with van der Waals surface area (Å²) in [7, 11) is 0. The molecule has 1 aromatic carbocycles. The Morgan fingerprint density at radius 3 is 2.81 bits per heavy atom. The van der Waals surface area contributed by atoms with Crippen molar-refractivity contribution in [3.63, 3.8) is 0 Å². The molecule has 0 atom stereocenters. The van der Waals surface area contributed by atoms with Crippen LogP contribution in [0.25, 0.3) is 0 Å². The van der Waals surface area contributed by atoms with Gasteiger partial charge in [0.1, 0.15) is 11.6 Å². The van der Waals surface area contributed by atoms with E-state index in [9.17, 15) is 4.39 Å². The lowest BCUT2D eigenvalue weighted by molar-refractivity contribution is 0.454. The zero-order valence-electron chi connectivity index (χ0n) is 12.1. The normalized spacial score (nSPS) is 10.9. The van der Waals surface area contributed by atoms with Crippen LogP contribution in [0.1, 0.15) is 19.5 Å². The van der Waals surface area contributed by atoms with Crippen molar-refractivity contribution in [2.24, 2.45) is 5.92 Å². The highest BCUT2D eigenvalue weighted by Gasteiger charge is 2.06. The van der Waals surface area contributed by atoms with Gasteiger partial charge in [-0.3, -0.25) is 0 Å². The van der Waals surface area contributed by atoms with Gasteiger partial charge in [-0.2, -0.15) is 0 Å². The molecule has 5 heteroatoms. The molecule has 3 nitrogen and oxygen atoms in total. The van der Waals surface area contributed by atoms with Crippen molar-refractivity contribution in [2.45, 2.75) is 20.4 Å². The van der Waals surface area contributed by atoms with Crippen LogP contribution in [0.3, 0.4) is 0 Å². The van der Waals surface area contributed by atoms with E-state index in [0.29, 0.717) is 34.8 Å². The summed E-state index contributed by atoms with van der Waals surface area (Å²) in [6.07, 6.45) is 0. The van der Waals surface area contributed by atoms with Gasteiger partial charge in [0.05, 0.1) is 10.7 Å². The lowest BCUT2D eigenvalue weighted by atomic mass is 10.2. The maximum atomic E-state index is 13.1. The summed E-state index contributed by atoms with van der Waals surface area (Å²) in [4.78, 5) is 4.35. The van der Waals surface area contributed by atoms with Crippen molar-refractivity contribution in [1.82, 2.24) is 10.3 Å². The highest BCUT2D eigenvalue weighted by atomic mass is 35.5. The first kappa shape index (κ1) is 15.7. The summed E-state index contributed by atoms with van der Waals surface area (Å²) in [5, 5.41) is 3.86. The fourth-order valence-electron chi connectivity index (χ4n) is 1.78. The molecule has 2 aromatic rings. The van der Waals surface area contributed by atoms with Crippen molar-refractivity contribution < 1.29 is 9.13 Å². The van der Waals surface area contributed by atoms with Gasteiger partial charge in [0.15, 0.2) is 0 Å². The molecule has 0 saturated heterocycles. The molecule has 0 bridgehead atoms. The molecule has 0 amide bonds. The van der Waals surface area contributed by atoms with Crippen LogP contribution in [-0.2, 0) is 6.54 Å². The monoisotopic (exact) mass is 308 g/mol. The van der Waals surface area contributed by atoms with Crippen molar-refractivity contribution in [1.29, 1.82) is 0 Å². The van der Waals surface area contributed by atoms with E-state index in [1.807, 2.05) is 0 Å². The van der Waals surface area contributed by atoms with E-state index in [4.69, 9.17) is 16.3 Å². The molecule has 0 aliphatic heterocycles. The minimum Gasteiger partial charge on any atom is -0.439 e. The molecule has 112 valence electrons. The summed E-state index contributed by atoms with van der Waals surface area (Å²) >= 11 is 6.12. The molecule has 21 heavy (non-hydrogen) atoms. The topological polar surface area (TPSA) is 34.2 Å². The zero-order valence-corrected chi connectivity index (χ0v) is 12.8. The number of halogens is 2. The second kappa shape index (κ2) is 7.38. The first-order valence-electron chi connectivity index (χ1n) is 6.84. The van der Waals surface area contributed by atoms with E-state index in [1.54, 1.807) is 24.3 Å². The van der Waals surface area contributed by atoms with Gasteiger partial charge >= 0.3 is 0 Å². The minimum absolute atomic E-state index is 0.347. The van der Waals surface area contributed by atoms with Gasteiger partial charge in [-0.15, -0.1) is 0 Å². The third-order valence-corrected chi connectivity index (χ3v) is 3.10. The largest absolute Gasteiger partial charge is 0.439 e. The molecule has 0 radical (unpaired) electrons. The van der Waals surface area contributed by atoms with Crippen LogP contribution in [0.15, 0.2) is 36.4 Å². The summed E-state index contributed by atoms with van der Waals surface area (Å²) in [5.41, 5.74) is 0.714. The molecule has 1 heterocycles. The number of pyridine rings is 1. The van der Waals surface area contributed by atoms with E-state index in [-0.39, 0.29) is 5.82 Å². The molecule has 0 aliphatic carbocycles. The van der Waals surface area contributed by atoms with Crippen LogP contribution in [0, 0.1) is 11.7 Å². The van der Waals surface area contributed by atoms with Crippen LogP contribution in [0.5, 0.6) is 11.6 Å². The van der Waals surface area contributed by atoms with Gasteiger partial charge < -0.3 is 10.1 Å². The van der Waals surface area contributed by atoms with Crippen LogP contribution < -0.4 is 10.1 Å². The van der Waals surface area contributed by atoms with E-state index >= 15 is 0 Å². The number of aromatic nitrogens is 1. The van der Waals surface area contributed by atoms with Crippen molar-refractivity contribution in [2.75, 3.05) is 6.54 Å². The standard InChI is InChI=1S/C16H18ClFN2O/c1-11(2)9-19-10-15-14(17)6-7-16(20-15)21-13-5-3-4-12(18)8-13/h3-8,11,19H,9-10H2,1-2H3. The Kier molecular flexibility index (Phi) is 5.53. The Hall–Kier alpha value is -1.65. The molecule has 1 aromatic heterocycles. The third-order valence-electron chi connectivity index (χ3n) is 2.76. The fourth-order valence-corrected chi connectivity index (χ4v) is 1.95. The SMILES string of the molecule is CC(C)CNCc1nc(Oc2cccc(F)c2)ccc1Cl. The van der Waals surface area contributed by atoms with Crippen molar-refractivity contribution >= 4 is 11.6 Å². The molecule has 0 spiro atoms. The maximum Gasteiger partial charge on any atom is 0.219 e. The molecule has 1 N–H and O–H groups in total. The second-order valence-corrected chi connectivity index (χ2v) is 5.57. The first-order chi connectivity index (χ1) is 10.0. The van der Waals surface area contributed by atoms with Crippen LogP contribution in [0.2, 0.25) is 5.02 Å². The van der Waals surface area contributed by atoms with Gasteiger partial charge in [-0.25, -0.2) is 9.37 Å². The molecule has 0 aliphatic rings. The van der Waals surface area contributed by atoms with Crippen LogP contribution in [-0.4, -0.2) is 11.5 Å². The Bertz CT molecular complexity index is 605. The summed E-state index contributed by atoms with van der Waals surface area (Å²) in [5.74, 6) is 1.01. The van der Waals surface area contributed by atoms with Crippen LogP contribution in [0.4, 0.5) is 4.39 Å². The Morgan fingerprint density at radius 1 is 1.29 bits per heavy atom. The Labute approximate surface area is 129 Å². The lowest BCUT2D eigenvalue weighted by Crippen LogP contribution is -2.19. The summed E-state index contributed by atoms with van der Waals surface area (Å²) in [6.45, 7) is 5.71. The molecule has 0 unspecified atom stereocenters. The molecule has 0 saturated carbocycles. The Balaban J connectivity index is 2.07. The molecular weight excluding hydrogens is 291 g/mol. The van der Waals surface area contributed by atoms with Crippen molar-refractivity contribution in [3.05, 3.63) is 52.9 Å². The predicted molar refractivity (Wildman–Crippen MR) is 82.3 cm³/mol. The first-order valence-corrected chi connectivity index (χ1v) is 7.22. The van der Waals surface area contributed by atoms with Gasteiger partial charge in [0.25, 0.3) is 0 Å². The van der Waals surface area contributed by atoms with E-state index in [0.717, 1.165) is 6.54 Å². The van der Waals surface area contributed by atoms with Crippen molar-refractivity contribution in [3.8, 4) is 11.6 Å². The fraction of sp³-hybridized carbons (Fsp3) is 0.312. The predicted octanol–water partition coefficient (Wildman–Crippen LogP) is 4.41. The van der Waals surface area contributed by atoms with E-state index < -0.39 is 0 Å². The number of ether oxygens (including phenoxy) is 1. The van der Waals surface area contributed by atoms with Gasteiger partial charge in [0.2, 0.25) is 5.88 Å². The lowest BCUT2D eigenvalue weighted by Gasteiger charge is -2.10. The Morgan fingerprint density at radius 2 is 2.10 bits per heavy atom. The minimum atomic E-state index is -0.347. The number of benzene rings is 1. The zero-order chi connectivity index (χ0) is 15.2. The number of nitrogens with one attached hydrogen (secondary N) is 1. The van der Waals surface area contributed by atoms with Gasteiger partial charge in [0, 0.05) is 18.7 Å². The smallest absolute Gasteiger partial charge is 0.219 e. The quantitative estimate of drug-likeness (QED) is 0.858. The van der Waals surface area contributed by atoms with E-state index in [1.165, 1.54) is 12.1 Å². The maximum absolute atomic E-state index is 13.1. The average molecular weight is 309 g/mol.